The summed E-state index contributed by atoms with van der Waals surface area (Å²) in [5, 5.41) is 2.53. The Labute approximate surface area is 56.0 Å². The van der Waals surface area contributed by atoms with E-state index in [2.05, 4.69) is 5.32 Å². The minimum absolute atomic E-state index is 0.0692. The minimum atomic E-state index is 0.0692. The van der Waals surface area contributed by atoms with Crippen LogP contribution in [0.2, 0.25) is 0 Å². The summed E-state index contributed by atoms with van der Waals surface area (Å²) < 4.78 is 0. The maximum absolute atomic E-state index is 10.5. The normalized spacial score (nSPS) is 10.0. The van der Waals surface area contributed by atoms with E-state index in [0.29, 0.717) is 6.42 Å². The van der Waals surface area contributed by atoms with Crippen LogP contribution in [-0.2, 0) is 4.79 Å². The van der Waals surface area contributed by atoms with Gasteiger partial charge in [-0.3, -0.25) is 4.79 Å². The summed E-state index contributed by atoms with van der Waals surface area (Å²) in [5.41, 5.74) is 0. The Morgan fingerprint density at radius 2 is 2.22 bits per heavy atom. The highest BCUT2D eigenvalue weighted by Crippen LogP contribution is 1.84. The lowest BCUT2D eigenvalue weighted by atomic mass is 10.3. The van der Waals surface area contributed by atoms with Gasteiger partial charge in [-0.25, -0.2) is 0 Å². The molecule has 0 radical (unpaired) electrons. The predicted molar refractivity (Wildman–Crippen MR) is 38.1 cm³/mol. The Hall–Kier alpha value is -0.790. The van der Waals surface area contributed by atoms with E-state index in [1.165, 1.54) is 0 Å². The first kappa shape index (κ1) is 8.21. The highest BCUT2D eigenvalue weighted by atomic mass is 16.1. The van der Waals surface area contributed by atoms with Crippen LogP contribution in [0.25, 0.3) is 0 Å². The van der Waals surface area contributed by atoms with Crippen LogP contribution in [0.4, 0.5) is 0 Å². The predicted octanol–water partition coefficient (Wildman–Crippen LogP) is 1.09. The molecule has 0 saturated heterocycles. The van der Waals surface area contributed by atoms with Crippen LogP contribution < -0.4 is 5.32 Å². The van der Waals surface area contributed by atoms with Crippen molar-refractivity contribution in [2.45, 2.75) is 19.8 Å². The number of nitrogens with one attached hydrogen (secondary N) is 1. The van der Waals surface area contributed by atoms with Crippen LogP contribution >= 0.6 is 0 Å². The summed E-state index contributed by atoms with van der Waals surface area (Å²) in [7, 11) is 1.64. The van der Waals surface area contributed by atoms with Gasteiger partial charge in [-0.2, -0.15) is 0 Å². The largest absolute Gasteiger partial charge is 0.359 e. The van der Waals surface area contributed by atoms with Gasteiger partial charge in [0.05, 0.1) is 0 Å². The van der Waals surface area contributed by atoms with Crippen molar-refractivity contribution in [3.05, 3.63) is 12.2 Å². The van der Waals surface area contributed by atoms with E-state index in [9.17, 15) is 4.79 Å². The minimum Gasteiger partial charge on any atom is -0.359 e. The molecule has 0 aromatic carbocycles. The SMILES string of the molecule is CC/C=C\CC(=O)NC. The lowest BCUT2D eigenvalue weighted by Gasteiger charge is -1.90. The zero-order valence-corrected chi connectivity index (χ0v) is 5.98. The molecule has 0 aliphatic carbocycles. The molecule has 0 atom stereocenters. The van der Waals surface area contributed by atoms with Crippen LogP contribution in [0.1, 0.15) is 19.8 Å². The molecule has 0 unspecified atom stereocenters. The molecular formula is C7H13NO. The Kier molecular flexibility index (Phi) is 4.88. The first-order valence-electron chi connectivity index (χ1n) is 3.16. The molecular weight excluding hydrogens is 114 g/mol. The van der Waals surface area contributed by atoms with Gasteiger partial charge in [0.25, 0.3) is 0 Å². The molecule has 0 bridgehead atoms. The molecule has 0 fully saturated rings. The van der Waals surface area contributed by atoms with Crippen LogP contribution in [0.3, 0.4) is 0 Å². The molecule has 0 aliphatic heterocycles. The highest BCUT2D eigenvalue weighted by Gasteiger charge is 1.88. The van der Waals surface area contributed by atoms with Gasteiger partial charge in [0.15, 0.2) is 0 Å². The lowest BCUT2D eigenvalue weighted by Crippen LogP contribution is -2.15. The Morgan fingerprint density at radius 1 is 1.56 bits per heavy atom. The second kappa shape index (κ2) is 5.35. The first-order chi connectivity index (χ1) is 4.31. The molecule has 0 rings (SSSR count). The molecule has 9 heavy (non-hydrogen) atoms. The topological polar surface area (TPSA) is 29.1 Å². The molecule has 1 amide bonds. The van der Waals surface area contributed by atoms with Gasteiger partial charge >= 0.3 is 0 Å². The van der Waals surface area contributed by atoms with Gasteiger partial charge in [0, 0.05) is 13.5 Å². The fourth-order valence-corrected chi connectivity index (χ4v) is 0.459. The molecule has 0 aromatic rings. The van der Waals surface area contributed by atoms with Crippen molar-refractivity contribution >= 4 is 5.91 Å². The second-order valence-electron chi connectivity index (χ2n) is 1.76. The molecule has 0 saturated carbocycles. The molecule has 2 heteroatoms. The summed E-state index contributed by atoms with van der Waals surface area (Å²) in [4.78, 5) is 10.5. The van der Waals surface area contributed by atoms with Crippen molar-refractivity contribution in [1.29, 1.82) is 0 Å². The Bertz CT molecular complexity index is 107. The fourth-order valence-electron chi connectivity index (χ4n) is 0.459. The first-order valence-corrected chi connectivity index (χ1v) is 3.16. The van der Waals surface area contributed by atoms with Crippen molar-refractivity contribution in [3.63, 3.8) is 0 Å². The second-order valence-corrected chi connectivity index (χ2v) is 1.76. The third kappa shape index (κ3) is 5.07. The third-order valence-corrected chi connectivity index (χ3v) is 0.984. The fraction of sp³-hybridized carbons (Fsp3) is 0.571. The monoisotopic (exact) mass is 127 g/mol. The summed E-state index contributed by atoms with van der Waals surface area (Å²) in [6.07, 6.45) is 5.36. The summed E-state index contributed by atoms with van der Waals surface area (Å²) >= 11 is 0. The standard InChI is InChI=1S/C7H13NO/c1-3-4-5-6-7(9)8-2/h4-5H,3,6H2,1-2H3,(H,8,9)/b5-4-. The van der Waals surface area contributed by atoms with Crippen molar-refractivity contribution in [2.24, 2.45) is 0 Å². The average Bonchev–Trinajstić information content (AvgIpc) is 1.89. The van der Waals surface area contributed by atoms with Gasteiger partial charge in [0.2, 0.25) is 5.91 Å². The molecule has 1 N–H and O–H groups in total. The maximum Gasteiger partial charge on any atom is 0.223 e. The van der Waals surface area contributed by atoms with E-state index in [0.717, 1.165) is 6.42 Å². The third-order valence-electron chi connectivity index (χ3n) is 0.984. The summed E-state index contributed by atoms with van der Waals surface area (Å²) in [6.45, 7) is 2.04. The summed E-state index contributed by atoms with van der Waals surface area (Å²) in [5.74, 6) is 0.0692. The number of amides is 1. The van der Waals surface area contributed by atoms with Gasteiger partial charge in [-0.15, -0.1) is 0 Å². The van der Waals surface area contributed by atoms with E-state index in [1.807, 2.05) is 19.1 Å². The van der Waals surface area contributed by atoms with E-state index >= 15 is 0 Å². The summed E-state index contributed by atoms with van der Waals surface area (Å²) in [6, 6.07) is 0. The molecule has 0 aliphatic rings. The molecule has 0 aromatic heterocycles. The number of rotatable bonds is 3. The average molecular weight is 127 g/mol. The lowest BCUT2D eigenvalue weighted by molar-refractivity contribution is -0.119. The smallest absolute Gasteiger partial charge is 0.223 e. The van der Waals surface area contributed by atoms with Gasteiger partial charge in [-0.1, -0.05) is 19.1 Å². The van der Waals surface area contributed by atoms with E-state index in [-0.39, 0.29) is 5.91 Å². The van der Waals surface area contributed by atoms with Crippen molar-refractivity contribution in [3.8, 4) is 0 Å². The quantitative estimate of drug-likeness (QED) is 0.565. The van der Waals surface area contributed by atoms with Crippen LogP contribution in [0, 0.1) is 0 Å². The van der Waals surface area contributed by atoms with Crippen LogP contribution in [0.15, 0.2) is 12.2 Å². The van der Waals surface area contributed by atoms with Gasteiger partial charge in [-0.05, 0) is 6.42 Å². The number of hydrogen-bond acceptors (Lipinski definition) is 1. The van der Waals surface area contributed by atoms with Crippen LogP contribution in [0.5, 0.6) is 0 Å². The maximum atomic E-state index is 10.5. The number of allylic oxidation sites excluding steroid dienone is 1. The Balaban J connectivity index is 3.26. The molecule has 2 nitrogen and oxygen atoms in total. The zero-order valence-electron chi connectivity index (χ0n) is 5.98. The number of carbonyl (C=O) groups excluding carboxylic acids is 1. The van der Waals surface area contributed by atoms with Crippen molar-refractivity contribution in [2.75, 3.05) is 7.05 Å². The van der Waals surface area contributed by atoms with Gasteiger partial charge < -0.3 is 5.32 Å². The highest BCUT2D eigenvalue weighted by molar-refractivity contribution is 5.76. The van der Waals surface area contributed by atoms with Crippen molar-refractivity contribution in [1.82, 2.24) is 5.32 Å². The van der Waals surface area contributed by atoms with Gasteiger partial charge in [0.1, 0.15) is 0 Å². The van der Waals surface area contributed by atoms with E-state index in [1.54, 1.807) is 7.05 Å². The van der Waals surface area contributed by atoms with E-state index in [4.69, 9.17) is 0 Å². The molecule has 0 heterocycles. The molecule has 0 spiro atoms. The van der Waals surface area contributed by atoms with E-state index < -0.39 is 0 Å². The number of hydrogen-bond donors (Lipinski definition) is 1. The van der Waals surface area contributed by atoms with Crippen molar-refractivity contribution < 1.29 is 4.79 Å². The Morgan fingerprint density at radius 3 is 2.67 bits per heavy atom. The molecule has 52 valence electrons. The van der Waals surface area contributed by atoms with Crippen LogP contribution in [-0.4, -0.2) is 13.0 Å². The zero-order chi connectivity index (χ0) is 7.11. The number of carbonyl (C=O) groups is 1.